The lowest BCUT2D eigenvalue weighted by Gasteiger charge is -2.20. The quantitative estimate of drug-likeness (QED) is 0.689. The van der Waals surface area contributed by atoms with Crippen molar-refractivity contribution < 1.29 is 4.79 Å². The van der Waals surface area contributed by atoms with E-state index in [9.17, 15) is 4.79 Å². The molecular weight excluding hydrogens is 336 g/mol. The number of nitrogens with one attached hydrogen (secondary N) is 1. The first-order valence-electron chi connectivity index (χ1n) is 9.18. The largest absolute Gasteiger partial charge is 0.324 e. The molecule has 2 aromatic carbocycles. The predicted octanol–water partition coefficient (Wildman–Crippen LogP) is 4.76. The van der Waals surface area contributed by atoms with E-state index < -0.39 is 0 Å². The first kappa shape index (κ1) is 18.6. The average Bonchev–Trinajstić information content (AvgIpc) is 2.71. The maximum Gasteiger partial charge on any atom is 0.261 e. The van der Waals surface area contributed by atoms with Crippen LogP contribution in [0.5, 0.6) is 0 Å². The van der Waals surface area contributed by atoms with E-state index in [1.807, 2.05) is 43.3 Å². The number of rotatable bonds is 6. The van der Waals surface area contributed by atoms with E-state index in [4.69, 9.17) is 0 Å². The van der Waals surface area contributed by atoms with E-state index >= 15 is 0 Å². The number of benzene rings is 2. The lowest BCUT2D eigenvalue weighted by atomic mass is 10.1. The summed E-state index contributed by atoms with van der Waals surface area (Å²) < 4.78 is 0. The van der Waals surface area contributed by atoms with Crippen LogP contribution in [0.3, 0.4) is 0 Å². The van der Waals surface area contributed by atoms with Gasteiger partial charge in [0.25, 0.3) is 5.91 Å². The second-order valence-corrected chi connectivity index (χ2v) is 6.27. The molecule has 1 N–H and O–H groups in total. The zero-order chi connectivity index (χ0) is 19.2. The zero-order valence-electron chi connectivity index (χ0n) is 15.9. The smallest absolute Gasteiger partial charge is 0.261 e. The van der Waals surface area contributed by atoms with E-state index in [1.54, 1.807) is 17.3 Å². The molecule has 1 heterocycles. The van der Waals surface area contributed by atoms with E-state index in [1.165, 1.54) is 5.56 Å². The van der Waals surface area contributed by atoms with Gasteiger partial charge in [-0.2, -0.15) is 0 Å². The standard InChI is InChI=1S/C22H24N4O/c1-4-17-11-9-10-16(3)20(17)25-22-23-14-18(15-24-22)21(27)26(5-2)19-12-7-6-8-13-19/h6-15H,4-5H2,1-3H3,(H,23,24,25). The molecule has 0 saturated carbocycles. The third-order valence-electron chi connectivity index (χ3n) is 4.50. The number of aromatic nitrogens is 2. The van der Waals surface area contributed by atoms with Crippen LogP contribution in [0.2, 0.25) is 0 Å². The van der Waals surface area contributed by atoms with E-state index in [-0.39, 0.29) is 5.91 Å². The van der Waals surface area contributed by atoms with E-state index in [0.717, 1.165) is 23.4 Å². The van der Waals surface area contributed by atoms with Gasteiger partial charge in [-0.15, -0.1) is 0 Å². The molecule has 0 bridgehead atoms. The molecule has 0 unspecified atom stereocenters. The Bertz CT molecular complexity index is 907. The van der Waals surface area contributed by atoms with Crippen molar-refractivity contribution in [3.8, 4) is 0 Å². The van der Waals surface area contributed by atoms with Crippen molar-refractivity contribution in [1.82, 2.24) is 9.97 Å². The number of amides is 1. The Kier molecular flexibility index (Phi) is 5.81. The molecule has 3 rings (SSSR count). The van der Waals surface area contributed by atoms with Crippen molar-refractivity contribution in [2.45, 2.75) is 27.2 Å². The Balaban J connectivity index is 1.80. The van der Waals surface area contributed by atoms with Crippen LogP contribution in [0.25, 0.3) is 0 Å². The van der Waals surface area contributed by atoms with Gasteiger partial charge >= 0.3 is 0 Å². The molecule has 5 heteroatoms. The molecule has 3 aromatic rings. The average molecular weight is 360 g/mol. The highest BCUT2D eigenvalue weighted by Crippen LogP contribution is 2.24. The van der Waals surface area contributed by atoms with Crippen LogP contribution in [-0.4, -0.2) is 22.4 Å². The van der Waals surface area contributed by atoms with Gasteiger partial charge < -0.3 is 10.2 Å². The summed E-state index contributed by atoms with van der Waals surface area (Å²) >= 11 is 0. The lowest BCUT2D eigenvalue weighted by molar-refractivity contribution is 0.0987. The summed E-state index contributed by atoms with van der Waals surface area (Å²) in [5.74, 6) is 0.374. The van der Waals surface area contributed by atoms with Crippen LogP contribution in [0.4, 0.5) is 17.3 Å². The highest BCUT2D eigenvalue weighted by molar-refractivity contribution is 6.05. The summed E-state index contributed by atoms with van der Waals surface area (Å²) in [7, 11) is 0. The number of para-hydroxylation sites is 2. The minimum atomic E-state index is -0.111. The number of aryl methyl sites for hydroxylation is 2. The summed E-state index contributed by atoms with van der Waals surface area (Å²) in [5.41, 5.74) is 4.70. The van der Waals surface area contributed by atoms with Crippen LogP contribution >= 0.6 is 0 Å². The van der Waals surface area contributed by atoms with Crippen molar-refractivity contribution in [2.75, 3.05) is 16.8 Å². The van der Waals surface area contributed by atoms with Crippen molar-refractivity contribution in [3.63, 3.8) is 0 Å². The van der Waals surface area contributed by atoms with Gasteiger partial charge in [0.05, 0.1) is 5.56 Å². The van der Waals surface area contributed by atoms with E-state index in [2.05, 4.69) is 41.3 Å². The third kappa shape index (κ3) is 4.14. The number of carbonyl (C=O) groups is 1. The Morgan fingerprint density at radius 1 is 1.00 bits per heavy atom. The molecule has 0 radical (unpaired) electrons. The Morgan fingerprint density at radius 3 is 2.33 bits per heavy atom. The van der Waals surface area contributed by atoms with Gasteiger partial charge in [-0.25, -0.2) is 9.97 Å². The summed E-state index contributed by atoms with van der Waals surface area (Å²) in [6.07, 6.45) is 4.07. The highest BCUT2D eigenvalue weighted by Gasteiger charge is 2.17. The molecule has 0 spiro atoms. The van der Waals surface area contributed by atoms with Gasteiger partial charge in [-0.1, -0.05) is 43.3 Å². The van der Waals surface area contributed by atoms with Crippen LogP contribution in [0.1, 0.15) is 35.3 Å². The molecule has 0 atom stereocenters. The summed E-state index contributed by atoms with van der Waals surface area (Å²) in [4.78, 5) is 23.2. The molecule has 138 valence electrons. The molecule has 0 aliphatic heterocycles. The van der Waals surface area contributed by atoms with Crippen molar-refractivity contribution in [2.24, 2.45) is 0 Å². The van der Waals surface area contributed by atoms with Gasteiger partial charge in [0, 0.05) is 30.3 Å². The van der Waals surface area contributed by atoms with Gasteiger partial charge in [-0.3, -0.25) is 4.79 Å². The number of anilines is 3. The molecule has 0 fully saturated rings. The van der Waals surface area contributed by atoms with Crippen molar-refractivity contribution in [1.29, 1.82) is 0 Å². The molecule has 1 amide bonds. The molecule has 1 aromatic heterocycles. The molecular formula is C22H24N4O. The monoisotopic (exact) mass is 360 g/mol. The zero-order valence-corrected chi connectivity index (χ0v) is 15.9. The molecule has 27 heavy (non-hydrogen) atoms. The summed E-state index contributed by atoms with van der Waals surface area (Å²) in [5, 5.41) is 3.29. The van der Waals surface area contributed by atoms with Crippen LogP contribution < -0.4 is 10.2 Å². The number of hydrogen-bond acceptors (Lipinski definition) is 4. The van der Waals surface area contributed by atoms with Gasteiger partial charge in [-0.05, 0) is 43.5 Å². The molecule has 0 saturated heterocycles. The first-order valence-corrected chi connectivity index (χ1v) is 9.18. The topological polar surface area (TPSA) is 58.1 Å². The lowest BCUT2D eigenvalue weighted by Crippen LogP contribution is -2.30. The number of carbonyl (C=O) groups excluding carboxylic acids is 1. The fraction of sp³-hybridized carbons (Fsp3) is 0.227. The van der Waals surface area contributed by atoms with Crippen LogP contribution in [0, 0.1) is 6.92 Å². The Hall–Kier alpha value is -3.21. The second kappa shape index (κ2) is 8.45. The van der Waals surface area contributed by atoms with Gasteiger partial charge in [0.1, 0.15) is 0 Å². The van der Waals surface area contributed by atoms with Gasteiger partial charge in [0.2, 0.25) is 5.95 Å². The minimum Gasteiger partial charge on any atom is -0.324 e. The van der Waals surface area contributed by atoms with E-state index in [0.29, 0.717) is 18.1 Å². The third-order valence-corrected chi connectivity index (χ3v) is 4.50. The SMILES string of the molecule is CCc1cccc(C)c1Nc1ncc(C(=O)N(CC)c2ccccc2)cn1. The molecule has 5 nitrogen and oxygen atoms in total. The number of nitrogens with zero attached hydrogens (tertiary/aromatic N) is 3. The van der Waals surface area contributed by atoms with Crippen LogP contribution in [0.15, 0.2) is 60.9 Å². The van der Waals surface area contributed by atoms with Crippen molar-refractivity contribution >= 4 is 23.2 Å². The fourth-order valence-electron chi connectivity index (χ4n) is 3.02. The molecule has 0 aliphatic carbocycles. The number of hydrogen-bond donors (Lipinski definition) is 1. The fourth-order valence-corrected chi connectivity index (χ4v) is 3.02. The summed E-state index contributed by atoms with van der Waals surface area (Å²) in [6.45, 7) is 6.70. The van der Waals surface area contributed by atoms with Crippen molar-refractivity contribution in [3.05, 3.63) is 77.6 Å². The van der Waals surface area contributed by atoms with Crippen LogP contribution in [-0.2, 0) is 6.42 Å². The maximum atomic E-state index is 12.8. The predicted molar refractivity (Wildman–Crippen MR) is 110 cm³/mol. The van der Waals surface area contributed by atoms with Gasteiger partial charge in [0.15, 0.2) is 0 Å². The Morgan fingerprint density at radius 2 is 1.70 bits per heavy atom. The normalized spacial score (nSPS) is 10.5. The summed E-state index contributed by atoms with van der Waals surface area (Å²) in [6, 6.07) is 15.8. The second-order valence-electron chi connectivity index (χ2n) is 6.27. The minimum absolute atomic E-state index is 0.111. The molecule has 0 aliphatic rings. The highest BCUT2D eigenvalue weighted by atomic mass is 16.2. The maximum absolute atomic E-state index is 12.8. The first-order chi connectivity index (χ1) is 13.1. The Labute approximate surface area is 160 Å².